The van der Waals surface area contributed by atoms with Crippen LogP contribution in [0.3, 0.4) is 0 Å². The number of rotatable bonds is 2. The Balaban J connectivity index is 1.89. The normalized spacial score (nSPS) is 43.7. The Morgan fingerprint density at radius 2 is 1.68 bits per heavy atom. The lowest BCUT2D eigenvalue weighted by Gasteiger charge is -2.50. The largest absolute Gasteiger partial charge is 0.351 e. The minimum atomic E-state index is 0.0101. The molecule has 4 atom stereocenters. The molecule has 2 N–H and O–H groups in total. The van der Waals surface area contributed by atoms with Gasteiger partial charge in [0, 0.05) is 24.9 Å². The van der Waals surface area contributed by atoms with E-state index in [0.29, 0.717) is 11.8 Å². The van der Waals surface area contributed by atoms with Crippen molar-refractivity contribution in [1.29, 1.82) is 0 Å². The Bertz CT molecular complexity index is 420. The van der Waals surface area contributed by atoms with E-state index in [9.17, 15) is 9.59 Å². The van der Waals surface area contributed by atoms with Crippen molar-refractivity contribution < 1.29 is 9.59 Å². The highest BCUT2D eigenvalue weighted by Gasteiger charge is 2.56. The van der Waals surface area contributed by atoms with Crippen molar-refractivity contribution in [3.8, 4) is 0 Å². The number of hydrogen-bond acceptors (Lipinski definition) is 2. The van der Waals surface area contributed by atoms with Crippen LogP contribution in [0.1, 0.15) is 58.8 Å². The summed E-state index contributed by atoms with van der Waals surface area (Å²) >= 11 is 0. The molecule has 4 unspecified atom stereocenters. The first-order valence-electron chi connectivity index (χ1n) is 7.51. The first kappa shape index (κ1) is 12.9. The number of carbonyl (C=O) groups is 2. The van der Waals surface area contributed by atoms with Gasteiger partial charge in [-0.15, -0.1) is 0 Å². The number of carbonyl (C=O) groups excluding carboxylic acids is 2. The van der Waals surface area contributed by atoms with Crippen molar-refractivity contribution in [1.82, 2.24) is 10.6 Å². The number of hydrogen-bond donors (Lipinski definition) is 2. The zero-order chi connectivity index (χ0) is 13.7. The van der Waals surface area contributed by atoms with Gasteiger partial charge < -0.3 is 10.6 Å². The second-order valence-electron chi connectivity index (χ2n) is 7.05. The van der Waals surface area contributed by atoms with Gasteiger partial charge in [0.1, 0.15) is 0 Å². The van der Waals surface area contributed by atoms with Crippen LogP contribution in [-0.4, -0.2) is 22.9 Å². The van der Waals surface area contributed by atoms with E-state index in [4.69, 9.17) is 0 Å². The molecule has 106 valence electrons. The molecule has 5 aliphatic carbocycles. The molecule has 0 aliphatic heterocycles. The monoisotopic (exact) mass is 264 g/mol. The maximum atomic E-state index is 11.6. The minimum Gasteiger partial charge on any atom is -0.351 e. The highest BCUT2D eigenvalue weighted by molar-refractivity contribution is 5.75. The summed E-state index contributed by atoms with van der Waals surface area (Å²) in [5.74, 6) is 1.38. The molecule has 0 spiro atoms. The fourth-order valence-electron chi connectivity index (χ4n) is 5.15. The second kappa shape index (κ2) is 4.22. The van der Waals surface area contributed by atoms with E-state index < -0.39 is 0 Å². The fraction of sp³-hybridized carbons (Fsp3) is 0.867. The number of nitrogens with one attached hydrogen (secondary N) is 2. The maximum Gasteiger partial charge on any atom is 0.217 e. The summed E-state index contributed by atoms with van der Waals surface area (Å²) in [5.41, 5.74) is 0.0311. The van der Waals surface area contributed by atoms with Crippen LogP contribution in [-0.2, 0) is 9.59 Å². The Morgan fingerprint density at radius 1 is 0.947 bits per heavy atom. The van der Waals surface area contributed by atoms with Crippen molar-refractivity contribution in [2.75, 3.05) is 0 Å². The molecule has 4 heteroatoms. The molecule has 0 aromatic carbocycles. The third-order valence-corrected chi connectivity index (χ3v) is 5.59. The van der Waals surface area contributed by atoms with E-state index in [-0.39, 0.29) is 22.9 Å². The Kier molecular flexibility index (Phi) is 2.88. The molecule has 0 aromatic heterocycles. The van der Waals surface area contributed by atoms with Crippen molar-refractivity contribution in [2.24, 2.45) is 11.8 Å². The van der Waals surface area contributed by atoms with Gasteiger partial charge in [-0.2, -0.15) is 0 Å². The summed E-state index contributed by atoms with van der Waals surface area (Å²) in [4.78, 5) is 23.1. The fourth-order valence-corrected chi connectivity index (χ4v) is 5.15. The number of amides is 2. The first-order chi connectivity index (χ1) is 8.93. The standard InChI is InChI=1S/C15H24N2O2/c1-10(18)16-14-5-6-15(17-11(2)19)8-12(7-14)3-4-13(15)9-14/h12-13H,3-9H2,1-2H3,(H,16,18)(H,17,19). The molecule has 5 aliphatic rings. The van der Waals surface area contributed by atoms with Gasteiger partial charge in [0.15, 0.2) is 0 Å². The van der Waals surface area contributed by atoms with Gasteiger partial charge in [0.05, 0.1) is 0 Å². The molecule has 0 radical (unpaired) electrons. The SMILES string of the molecule is CC(=O)NC12CCC3(NC(C)=O)CC(CCC3C1)C2. The average molecular weight is 264 g/mol. The molecule has 0 heterocycles. The van der Waals surface area contributed by atoms with Crippen LogP contribution in [0.4, 0.5) is 0 Å². The van der Waals surface area contributed by atoms with Crippen molar-refractivity contribution in [3.63, 3.8) is 0 Å². The summed E-state index contributed by atoms with van der Waals surface area (Å²) in [6.07, 6.45) is 7.75. The highest BCUT2D eigenvalue weighted by Crippen LogP contribution is 2.56. The summed E-state index contributed by atoms with van der Waals surface area (Å²) in [7, 11) is 0. The molecular formula is C15H24N2O2. The summed E-state index contributed by atoms with van der Waals surface area (Å²) < 4.78 is 0. The van der Waals surface area contributed by atoms with Crippen molar-refractivity contribution in [2.45, 2.75) is 69.9 Å². The third kappa shape index (κ3) is 2.15. The lowest BCUT2D eigenvalue weighted by Crippen LogP contribution is -2.60. The molecule has 2 amide bonds. The van der Waals surface area contributed by atoms with Gasteiger partial charge in [-0.05, 0) is 56.8 Å². The Morgan fingerprint density at radius 3 is 2.37 bits per heavy atom. The van der Waals surface area contributed by atoms with Crippen molar-refractivity contribution >= 4 is 11.8 Å². The maximum absolute atomic E-state index is 11.6. The lowest BCUT2D eigenvalue weighted by molar-refractivity contribution is -0.125. The summed E-state index contributed by atoms with van der Waals surface area (Å²) in [5, 5.41) is 6.52. The minimum absolute atomic E-state index is 0.0101. The van der Waals surface area contributed by atoms with E-state index in [2.05, 4.69) is 10.6 Å². The zero-order valence-electron chi connectivity index (χ0n) is 11.9. The number of fused-ring (bicyclic) bond motifs is 2. The zero-order valence-corrected chi connectivity index (χ0v) is 11.9. The first-order valence-corrected chi connectivity index (χ1v) is 7.51. The van der Waals surface area contributed by atoms with Crippen LogP contribution in [0.5, 0.6) is 0 Å². The predicted octanol–water partition coefficient (Wildman–Crippen LogP) is 1.74. The van der Waals surface area contributed by atoms with E-state index in [1.54, 1.807) is 13.8 Å². The van der Waals surface area contributed by atoms with Crippen LogP contribution in [0.15, 0.2) is 0 Å². The summed E-state index contributed by atoms with van der Waals surface area (Å²) in [6.45, 7) is 3.25. The predicted molar refractivity (Wildman–Crippen MR) is 72.4 cm³/mol. The Labute approximate surface area is 114 Å². The topological polar surface area (TPSA) is 58.2 Å². The average Bonchev–Trinajstić information content (AvgIpc) is 2.56. The highest BCUT2D eigenvalue weighted by atomic mass is 16.2. The summed E-state index contributed by atoms with van der Waals surface area (Å²) in [6, 6.07) is 0. The van der Waals surface area contributed by atoms with Crippen LogP contribution >= 0.6 is 0 Å². The second-order valence-corrected chi connectivity index (χ2v) is 7.05. The van der Waals surface area contributed by atoms with E-state index in [1.807, 2.05) is 0 Å². The molecular weight excluding hydrogens is 240 g/mol. The van der Waals surface area contributed by atoms with Crippen LogP contribution in [0, 0.1) is 11.8 Å². The quantitative estimate of drug-likeness (QED) is 0.798. The molecule has 5 rings (SSSR count). The van der Waals surface area contributed by atoms with Crippen LogP contribution < -0.4 is 10.6 Å². The van der Waals surface area contributed by atoms with E-state index >= 15 is 0 Å². The van der Waals surface area contributed by atoms with Gasteiger partial charge in [-0.25, -0.2) is 0 Å². The van der Waals surface area contributed by atoms with Gasteiger partial charge in [-0.1, -0.05) is 0 Å². The smallest absolute Gasteiger partial charge is 0.217 e. The van der Waals surface area contributed by atoms with Crippen molar-refractivity contribution in [3.05, 3.63) is 0 Å². The van der Waals surface area contributed by atoms with Crippen LogP contribution in [0.2, 0.25) is 0 Å². The van der Waals surface area contributed by atoms with E-state index in [1.165, 1.54) is 12.8 Å². The van der Waals surface area contributed by atoms with Gasteiger partial charge in [0.25, 0.3) is 0 Å². The van der Waals surface area contributed by atoms with Gasteiger partial charge >= 0.3 is 0 Å². The molecule has 5 saturated carbocycles. The molecule has 4 bridgehead atoms. The molecule has 0 aromatic rings. The molecule has 4 nitrogen and oxygen atoms in total. The Hall–Kier alpha value is -1.06. The molecule has 0 saturated heterocycles. The third-order valence-electron chi connectivity index (χ3n) is 5.59. The van der Waals surface area contributed by atoms with E-state index in [0.717, 1.165) is 32.1 Å². The molecule has 19 heavy (non-hydrogen) atoms. The lowest BCUT2D eigenvalue weighted by atomic mass is 9.63. The van der Waals surface area contributed by atoms with Crippen LogP contribution in [0.25, 0.3) is 0 Å². The van der Waals surface area contributed by atoms with Gasteiger partial charge in [-0.3, -0.25) is 9.59 Å². The van der Waals surface area contributed by atoms with Gasteiger partial charge in [0.2, 0.25) is 11.8 Å². The molecule has 5 fully saturated rings.